The van der Waals surface area contributed by atoms with Gasteiger partial charge in [-0.25, -0.2) is 9.18 Å². The lowest BCUT2D eigenvalue weighted by molar-refractivity contribution is 0.0708. The summed E-state index contributed by atoms with van der Waals surface area (Å²) in [6.45, 7) is 1.05. The zero-order chi connectivity index (χ0) is 18.5. The summed E-state index contributed by atoms with van der Waals surface area (Å²) in [5.41, 5.74) is 0.814. The van der Waals surface area contributed by atoms with Crippen LogP contribution in [0.25, 0.3) is 0 Å². The predicted octanol–water partition coefficient (Wildman–Crippen LogP) is 2.72. The van der Waals surface area contributed by atoms with Gasteiger partial charge in [0.1, 0.15) is 18.1 Å². The molecule has 0 bridgehead atoms. The minimum atomic E-state index is -0.540. The molecule has 2 aromatic rings. The average Bonchev–Trinajstić information content (AvgIpc) is 3.18. The summed E-state index contributed by atoms with van der Waals surface area (Å²) >= 11 is 0. The van der Waals surface area contributed by atoms with Crippen LogP contribution < -0.4 is 10.6 Å². The van der Waals surface area contributed by atoms with Crippen LogP contribution in [-0.2, 0) is 0 Å². The molecule has 1 saturated heterocycles. The van der Waals surface area contributed by atoms with E-state index in [9.17, 15) is 14.0 Å². The number of nitrogens with one attached hydrogen (secondary N) is 2. The van der Waals surface area contributed by atoms with E-state index in [0.29, 0.717) is 31.5 Å². The maximum atomic E-state index is 13.1. The fourth-order valence-corrected chi connectivity index (χ4v) is 2.86. The minimum absolute atomic E-state index is 0.0562. The van der Waals surface area contributed by atoms with Crippen LogP contribution in [0, 0.1) is 17.1 Å². The lowest BCUT2D eigenvalue weighted by Crippen LogP contribution is -2.47. The van der Waals surface area contributed by atoms with E-state index in [-0.39, 0.29) is 23.2 Å². The van der Waals surface area contributed by atoms with E-state index < -0.39 is 11.8 Å². The second-order valence-corrected chi connectivity index (χ2v) is 5.98. The van der Waals surface area contributed by atoms with E-state index in [0.717, 1.165) is 6.07 Å². The van der Waals surface area contributed by atoms with Crippen LogP contribution in [0.15, 0.2) is 41.2 Å². The summed E-state index contributed by atoms with van der Waals surface area (Å²) < 4.78 is 18.1. The van der Waals surface area contributed by atoms with Crippen LogP contribution in [0.1, 0.15) is 28.8 Å². The van der Waals surface area contributed by atoms with Gasteiger partial charge < -0.3 is 20.0 Å². The molecule has 1 aliphatic rings. The van der Waals surface area contributed by atoms with E-state index in [1.54, 1.807) is 11.0 Å². The molecule has 134 valence electrons. The number of benzene rings is 1. The van der Waals surface area contributed by atoms with Crippen LogP contribution in [0.3, 0.4) is 0 Å². The maximum Gasteiger partial charge on any atom is 0.319 e. The molecule has 26 heavy (non-hydrogen) atoms. The molecule has 1 aliphatic heterocycles. The summed E-state index contributed by atoms with van der Waals surface area (Å²) in [6, 6.07) is 6.50. The van der Waals surface area contributed by atoms with Gasteiger partial charge in [-0.1, -0.05) is 0 Å². The number of rotatable bonds is 3. The molecule has 0 atom stereocenters. The Morgan fingerprint density at radius 1 is 1.27 bits per heavy atom. The van der Waals surface area contributed by atoms with E-state index in [4.69, 9.17) is 9.68 Å². The zero-order valence-corrected chi connectivity index (χ0v) is 13.9. The number of piperidine rings is 1. The van der Waals surface area contributed by atoms with E-state index in [2.05, 4.69) is 10.6 Å². The number of likely N-dealkylation sites (tertiary alicyclic amines) is 1. The van der Waals surface area contributed by atoms with E-state index >= 15 is 0 Å². The first-order valence-corrected chi connectivity index (χ1v) is 8.15. The summed E-state index contributed by atoms with van der Waals surface area (Å²) in [7, 11) is 0. The SMILES string of the molecule is N#Cc1cc(F)ccc1NC(=O)NC1CCN(C(=O)c2ccoc2)CC1. The number of urea groups is 1. The van der Waals surface area contributed by atoms with Gasteiger partial charge in [0.2, 0.25) is 0 Å². The third kappa shape index (κ3) is 4.00. The van der Waals surface area contributed by atoms with Gasteiger partial charge in [-0.3, -0.25) is 4.79 Å². The number of anilines is 1. The van der Waals surface area contributed by atoms with Gasteiger partial charge in [-0.15, -0.1) is 0 Å². The highest BCUT2D eigenvalue weighted by atomic mass is 19.1. The molecule has 1 aromatic heterocycles. The third-order valence-corrected chi connectivity index (χ3v) is 4.24. The van der Waals surface area contributed by atoms with Crippen molar-refractivity contribution in [2.24, 2.45) is 0 Å². The third-order valence-electron chi connectivity index (χ3n) is 4.24. The Hall–Kier alpha value is -3.34. The van der Waals surface area contributed by atoms with Crippen molar-refractivity contribution in [1.29, 1.82) is 5.26 Å². The molecule has 7 nitrogen and oxygen atoms in total. The Morgan fingerprint density at radius 3 is 2.69 bits per heavy atom. The maximum absolute atomic E-state index is 13.1. The number of furan rings is 1. The molecule has 2 heterocycles. The lowest BCUT2D eigenvalue weighted by atomic mass is 10.0. The number of halogens is 1. The van der Waals surface area contributed by atoms with Crippen molar-refractivity contribution >= 4 is 17.6 Å². The Balaban J connectivity index is 1.51. The van der Waals surface area contributed by atoms with Gasteiger partial charge in [-0.2, -0.15) is 5.26 Å². The minimum Gasteiger partial charge on any atom is -0.472 e. The number of hydrogen-bond donors (Lipinski definition) is 2. The average molecular weight is 356 g/mol. The van der Waals surface area contributed by atoms with Crippen molar-refractivity contribution in [2.75, 3.05) is 18.4 Å². The van der Waals surface area contributed by atoms with Gasteiger partial charge >= 0.3 is 6.03 Å². The molecule has 0 spiro atoms. The Morgan fingerprint density at radius 2 is 2.04 bits per heavy atom. The van der Waals surface area contributed by atoms with E-state index in [1.807, 2.05) is 6.07 Å². The number of amides is 3. The monoisotopic (exact) mass is 356 g/mol. The van der Waals surface area contributed by atoms with Crippen LogP contribution in [-0.4, -0.2) is 36.0 Å². The largest absolute Gasteiger partial charge is 0.472 e. The number of carbonyl (C=O) groups excluding carboxylic acids is 2. The lowest BCUT2D eigenvalue weighted by Gasteiger charge is -2.32. The first-order valence-electron chi connectivity index (χ1n) is 8.15. The first kappa shape index (κ1) is 17.5. The van der Waals surface area contributed by atoms with Gasteiger partial charge in [0, 0.05) is 19.1 Å². The number of carbonyl (C=O) groups is 2. The Kier molecular flexibility index (Phi) is 5.17. The number of nitrogens with zero attached hydrogens (tertiary/aromatic N) is 2. The molecule has 2 N–H and O–H groups in total. The topological polar surface area (TPSA) is 98.4 Å². The summed E-state index contributed by atoms with van der Waals surface area (Å²) in [5.74, 6) is -0.631. The number of nitriles is 1. The van der Waals surface area contributed by atoms with Crippen molar-refractivity contribution in [3.63, 3.8) is 0 Å². The van der Waals surface area contributed by atoms with Gasteiger partial charge in [-0.05, 0) is 37.1 Å². The van der Waals surface area contributed by atoms with E-state index in [1.165, 1.54) is 24.7 Å². The second kappa shape index (κ2) is 7.70. The summed E-state index contributed by atoms with van der Waals surface area (Å²) in [5, 5.41) is 14.4. The highest BCUT2D eigenvalue weighted by Gasteiger charge is 2.25. The molecule has 1 aromatic carbocycles. The molecular weight excluding hydrogens is 339 g/mol. The fraction of sp³-hybridized carbons (Fsp3) is 0.278. The second-order valence-electron chi connectivity index (χ2n) is 5.98. The fourth-order valence-electron chi connectivity index (χ4n) is 2.86. The quantitative estimate of drug-likeness (QED) is 0.883. The van der Waals surface area contributed by atoms with Crippen molar-refractivity contribution in [3.8, 4) is 6.07 Å². The zero-order valence-electron chi connectivity index (χ0n) is 13.9. The molecule has 8 heteroatoms. The molecule has 0 aliphatic carbocycles. The van der Waals surface area contributed by atoms with Crippen LogP contribution in [0.4, 0.5) is 14.9 Å². The molecule has 0 radical (unpaired) electrons. The molecule has 0 saturated carbocycles. The summed E-state index contributed by atoms with van der Waals surface area (Å²) in [6.07, 6.45) is 4.10. The molecule has 1 fully saturated rings. The van der Waals surface area contributed by atoms with Crippen molar-refractivity contribution in [2.45, 2.75) is 18.9 Å². The molecule has 3 rings (SSSR count). The smallest absolute Gasteiger partial charge is 0.319 e. The van der Waals surface area contributed by atoms with Crippen LogP contribution in [0.5, 0.6) is 0 Å². The van der Waals surface area contributed by atoms with Crippen LogP contribution in [0.2, 0.25) is 0 Å². The Bertz CT molecular complexity index is 837. The standard InChI is InChI=1S/C18H17FN4O3/c19-14-1-2-16(13(9-14)10-20)22-18(25)21-15-3-6-23(7-4-15)17(24)12-5-8-26-11-12/h1-2,5,8-9,11,15H,3-4,6-7H2,(H2,21,22,25). The van der Waals surface area contributed by atoms with Gasteiger partial charge in [0.25, 0.3) is 5.91 Å². The highest BCUT2D eigenvalue weighted by molar-refractivity contribution is 5.94. The van der Waals surface area contributed by atoms with Crippen LogP contribution >= 0.6 is 0 Å². The van der Waals surface area contributed by atoms with Gasteiger partial charge in [0.15, 0.2) is 0 Å². The first-order chi connectivity index (χ1) is 12.6. The van der Waals surface area contributed by atoms with Crippen molar-refractivity contribution in [1.82, 2.24) is 10.2 Å². The Labute approximate surface area is 149 Å². The van der Waals surface area contributed by atoms with Gasteiger partial charge in [0.05, 0.1) is 23.1 Å². The molecule has 0 unspecified atom stereocenters. The molecule has 3 amide bonds. The van der Waals surface area contributed by atoms with Crippen molar-refractivity contribution in [3.05, 3.63) is 53.7 Å². The number of hydrogen-bond acceptors (Lipinski definition) is 4. The predicted molar refractivity (Wildman–Crippen MR) is 90.9 cm³/mol. The molecular formula is C18H17FN4O3. The normalized spacial score (nSPS) is 14.5. The van der Waals surface area contributed by atoms with Crippen molar-refractivity contribution < 1.29 is 18.4 Å². The summed E-state index contributed by atoms with van der Waals surface area (Å²) in [4.78, 5) is 26.1. The highest BCUT2D eigenvalue weighted by Crippen LogP contribution is 2.17.